The lowest BCUT2D eigenvalue weighted by molar-refractivity contribution is -0.124. The van der Waals surface area contributed by atoms with E-state index in [-0.39, 0.29) is 23.0 Å². The summed E-state index contributed by atoms with van der Waals surface area (Å²) in [5.74, 6) is -1.76. The zero-order valence-corrected chi connectivity index (χ0v) is 17.1. The molecule has 2 N–H and O–H groups in total. The Bertz CT molecular complexity index is 947. The van der Waals surface area contributed by atoms with Crippen molar-refractivity contribution < 1.29 is 18.4 Å². The highest BCUT2D eigenvalue weighted by molar-refractivity contribution is 5.97. The molecule has 0 radical (unpaired) electrons. The number of benzene rings is 1. The van der Waals surface area contributed by atoms with Crippen LogP contribution in [0.4, 0.5) is 8.78 Å². The van der Waals surface area contributed by atoms with Crippen LogP contribution < -0.4 is 10.6 Å². The molecule has 1 aromatic carbocycles. The van der Waals surface area contributed by atoms with Gasteiger partial charge in [-0.1, -0.05) is 20.8 Å². The van der Waals surface area contributed by atoms with Gasteiger partial charge in [-0.2, -0.15) is 0 Å². The molecule has 0 bridgehead atoms. The molecule has 0 aliphatic carbocycles. The Labute approximate surface area is 168 Å². The summed E-state index contributed by atoms with van der Waals surface area (Å²) in [6.07, 6.45) is 2.33. The van der Waals surface area contributed by atoms with E-state index < -0.39 is 29.0 Å². The van der Waals surface area contributed by atoms with Crippen LogP contribution in [-0.2, 0) is 17.8 Å². The van der Waals surface area contributed by atoms with Crippen LogP contribution in [0, 0.1) is 17.0 Å². The molecular formula is C21H26F2N4O2. The Morgan fingerprint density at radius 1 is 1.21 bits per heavy atom. The summed E-state index contributed by atoms with van der Waals surface area (Å²) in [4.78, 5) is 29.7. The summed E-state index contributed by atoms with van der Waals surface area (Å²) < 4.78 is 29.9. The number of imidazole rings is 1. The fraction of sp³-hybridized carbons (Fsp3) is 0.476. The number of hydrogen-bond donors (Lipinski definition) is 2. The lowest BCUT2D eigenvalue weighted by Gasteiger charge is -2.29. The number of aromatic nitrogens is 2. The predicted molar refractivity (Wildman–Crippen MR) is 105 cm³/mol. The Hall–Kier alpha value is -2.77. The van der Waals surface area contributed by atoms with E-state index in [0.29, 0.717) is 18.7 Å². The van der Waals surface area contributed by atoms with E-state index >= 15 is 0 Å². The first-order chi connectivity index (χ1) is 13.6. The Morgan fingerprint density at radius 2 is 1.93 bits per heavy atom. The van der Waals surface area contributed by atoms with Crippen LogP contribution in [0.15, 0.2) is 18.2 Å². The van der Waals surface area contributed by atoms with E-state index in [1.165, 1.54) is 7.05 Å². The molecule has 1 aliphatic heterocycles. The minimum Gasteiger partial charge on any atom is -0.357 e. The van der Waals surface area contributed by atoms with Gasteiger partial charge in [0.1, 0.15) is 29.2 Å². The molecule has 1 aliphatic rings. The predicted octanol–water partition coefficient (Wildman–Crippen LogP) is 3.06. The summed E-state index contributed by atoms with van der Waals surface area (Å²) in [5, 5.41) is 5.34. The first-order valence-corrected chi connectivity index (χ1v) is 9.70. The molecule has 8 heteroatoms. The second-order valence-electron chi connectivity index (χ2n) is 8.35. The molecule has 2 aromatic rings. The number of rotatable bonds is 4. The molecule has 0 saturated heterocycles. The smallest absolute Gasteiger partial charge is 0.272 e. The van der Waals surface area contributed by atoms with E-state index in [2.05, 4.69) is 15.6 Å². The van der Waals surface area contributed by atoms with Crippen LogP contribution in [0.3, 0.4) is 0 Å². The third-order valence-electron chi connectivity index (χ3n) is 5.15. The van der Waals surface area contributed by atoms with Crippen molar-refractivity contribution in [3.8, 4) is 11.4 Å². The molecule has 2 heterocycles. The molecule has 29 heavy (non-hydrogen) atoms. The van der Waals surface area contributed by atoms with Crippen LogP contribution in [0.5, 0.6) is 0 Å². The number of nitrogens with zero attached hydrogens (tertiary/aromatic N) is 2. The van der Waals surface area contributed by atoms with Crippen molar-refractivity contribution in [2.75, 3.05) is 7.05 Å². The van der Waals surface area contributed by atoms with Gasteiger partial charge < -0.3 is 15.2 Å². The number of hydrogen-bond acceptors (Lipinski definition) is 3. The minimum absolute atomic E-state index is 0.0193. The zero-order valence-electron chi connectivity index (χ0n) is 17.1. The average Bonchev–Trinajstić information content (AvgIpc) is 3.06. The van der Waals surface area contributed by atoms with Gasteiger partial charge in [-0.3, -0.25) is 9.59 Å². The van der Waals surface area contributed by atoms with Gasteiger partial charge in [0, 0.05) is 13.6 Å². The fourth-order valence-electron chi connectivity index (χ4n) is 3.62. The van der Waals surface area contributed by atoms with E-state index in [1.807, 2.05) is 20.8 Å². The van der Waals surface area contributed by atoms with Gasteiger partial charge in [0.05, 0.1) is 11.3 Å². The molecule has 3 rings (SSSR count). The van der Waals surface area contributed by atoms with Crippen molar-refractivity contribution in [1.82, 2.24) is 20.2 Å². The van der Waals surface area contributed by atoms with Gasteiger partial charge in [-0.05, 0) is 42.9 Å². The Balaban J connectivity index is 2.04. The second-order valence-corrected chi connectivity index (χ2v) is 8.35. The van der Waals surface area contributed by atoms with E-state index in [1.54, 1.807) is 4.57 Å². The molecule has 0 spiro atoms. The van der Waals surface area contributed by atoms with Crippen molar-refractivity contribution in [3.05, 3.63) is 41.2 Å². The lowest BCUT2D eigenvalue weighted by Crippen LogP contribution is -2.53. The first kappa shape index (κ1) is 21.0. The maximum atomic E-state index is 14.4. The number of likely N-dealkylation sites (N-methyl/N-ethyl adjacent to an activating group) is 1. The average molecular weight is 404 g/mol. The largest absolute Gasteiger partial charge is 0.357 e. The quantitative estimate of drug-likeness (QED) is 0.822. The fourth-order valence-corrected chi connectivity index (χ4v) is 3.62. The van der Waals surface area contributed by atoms with Crippen LogP contribution in [0.2, 0.25) is 0 Å². The molecular weight excluding hydrogens is 378 g/mol. The maximum absolute atomic E-state index is 14.4. The third-order valence-corrected chi connectivity index (χ3v) is 5.15. The van der Waals surface area contributed by atoms with Crippen molar-refractivity contribution in [3.63, 3.8) is 0 Å². The summed E-state index contributed by atoms with van der Waals surface area (Å²) in [6, 6.07) is 2.42. The first-order valence-electron chi connectivity index (χ1n) is 9.70. The van der Waals surface area contributed by atoms with Gasteiger partial charge >= 0.3 is 0 Å². The molecule has 0 saturated carbocycles. The lowest BCUT2D eigenvalue weighted by atomic mass is 9.86. The van der Waals surface area contributed by atoms with Crippen molar-refractivity contribution in [1.29, 1.82) is 0 Å². The van der Waals surface area contributed by atoms with Crippen LogP contribution in [-0.4, -0.2) is 34.5 Å². The minimum atomic E-state index is -0.768. The van der Waals surface area contributed by atoms with Gasteiger partial charge in [0.25, 0.3) is 5.91 Å². The highest BCUT2D eigenvalue weighted by Crippen LogP contribution is 2.30. The topological polar surface area (TPSA) is 76.0 Å². The number of fused-ring (bicyclic) bond motifs is 1. The molecule has 0 unspecified atom stereocenters. The SMILES string of the molecule is CNC(=O)[C@@H](NC(=O)c1nc(-c2cc(F)ccc2F)n2c1CCCC2)C(C)(C)C. The zero-order chi connectivity index (χ0) is 21.3. The van der Waals surface area contributed by atoms with Crippen LogP contribution in [0.25, 0.3) is 11.4 Å². The second kappa shape index (κ2) is 7.93. The number of amides is 2. The highest BCUT2D eigenvalue weighted by atomic mass is 19.1. The van der Waals surface area contributed by atoms with Gasteiger partial charge in [0.2, 0.25) is 5.91 Å². The number of carbonyl (C=O) groups is 2. The molecule has 156 valence electrons. The Morgan fingerprint density at radius 3 is 2.59 bits per heavy atom. The summed E-state index contributed by atoms with van der Waals surface area (Å²) >= 11 is 0. The Kier molecular flexibility index (Phi) is 5.73. The van der Waals surface area contributed by atoms with E-state index in [0.717, 1.165) is 31.0 Å². The molecule has 0 fully saturated rings. The van der Waals surface area contributed by atoms with Crippen molar-refractivity contribution in [2.45, 2.75) is 52.6 Å². The molecule has 1 atom stereocenters. The highest BCUT2D eigenvalue weighted by Gasteiger charge is 2.34. The standard InChI is InChI=1S/C21H26F2N4O2/c1-21(2,3)17(20(29)24-4)26-19(28)16-15-7-5-6-10-27(15)18(25-16)13-11-12(22)8-9-14(13)23/h8-9,11,17H,5-7,10H2,1-4H3,(H,24,29)(H,26,28)/t17-/m1/s1. The maximum Gasteiger partial charge on any atom is 0.272 e. The number of carbonyl (C=O) groups excluding carboxylic acids is 2. The van der Waals surface area contributed by atoms with Gasteiger partial charge in [-0.25, -0.2) is 13.8 Å². The summed E-state index contributed by atoms with van der Waals surface area (Å²) in [7, 11) is 1.51. The van der Waals surface area contributed by atoms with Gasteiger partial charge in [-0.15, -0.1) is 0 Å². The number of halogens is 2. The third kappa shape index (κ3) is 4.16. The molecule has 2 amide bonds. The molecule has 6 nitrogen and oxygen atoms in total. The normalized spacial score (nSPS) is 14.8. The van der Waals surface area contributed by atoms with Crippen molar-refractivity contribution in [2.24, 2.45) is 5.41 Å². The summed E-state index contributed by atoms with van der Waals surface area (Å²) in [6.45, 7) is 6.12. The van der Waals surface area contributed by atoms with Crippen LogP contribution in [0.1, 0.15) is 49.8 Å². The van der Waals surface area contributed by atoms with Gasteiger partial charge in [0.15, 0.2) is 0 Å². The van der Waals surface area contributed by atoms with E-state index in [9.17, 15) is 18.4 Å². The van der Waals surface area contributed by atoms with E-state index in [4.69, 9.17) is 0 Å². The summed E-state index contributed by atoms with van der Waals surface area (Å²) in [5.41, 5.74) is 0.330. The van der Waals surface area contributed by atoms with Crippen molar-refractivity contribution >= 4 is 11.8 Å². The monoisotopic (exact) mass is 404 g/mol. The molecule has 1 aromatic heterocycles. The number of nitrogens with one attached hydrogen (secondary N) is 2. The van der Waals surface area contributed by atoms with Crippen LogP contribution >= 0.6 is 0 Å².